The van der Waals surface area contributed by atoms with Crippen molar-refractivity contribution >= 4 is 23.7 Å². The second-order valence-electron chi connectivity index (χ2n) is 7.34. The van der Waals surface area contributed by atoms with E-state index in [1.54, 1.807) is 6.21 Å². The molecule has 0 spiro atoms. The predicted octanol–water partition coefficient (Wildman–Crippen LogP) is 7.27. The first-order chi connectivity index (χ1) is 13.2. The molecule has 4 heteroatoms. The summed E-state index contributed by atoms with van der Waals surface area (Å²) in [7, 11) is 0. The van der Waals surface area contributed by atoms with Gasteiger partial charge in [-0.1, -0.05) is 108 Å². The second kappa shape index (κ2) is 16.8. The summed E-state index contributed by atoms with van der Waals surface area (Å²) in [6.45, 7) is 2.27. The van der Waals surface area contributed by atoms with Crippen LogP contribution >= 0.6 is 11.6 Å². The van der Waals surface area contributed by atoms with Gasteiger partial charge in [0, 0.05) is 11.4 Å². The number of hydrazone groups is 1. The third-order valence-corrected chi connectivity index (χ3v) is 4.99. The van der Waals surface area contributed by atoms with Gasteiger partial charge in [-0.25, -0.2) is 5.43 Å². The molecule has 1 N–H and O–H groups in total. The van der Waals surface area contributed by atoms with Crippen LogP contribution in [0, 0.1) is 0 Å². The Bertz CT molecular complexity index is 531. The van der Waals surface area contributed by atoms with E-state index in [1.807, 2.05) is 24.3 Å². The Labute approximate surface area is 171 Å². The van der Waals surface area contributed by atoms with Crippen molar-refractivity contribution in [1.29, 1.82) is 0 Å². The van der Waals surface area contributed by atoms with Gasteiger partial charge in [0.1, 0.15) is 0 Å². The minimum atomic E-state index is -0.0173. The van der Waals surface area contributed by atoms with Crippen molar-refractivity contribution in [1.82, 2.24) is 5.43 Å². The van der Waals surface area contributed by atoms with Crippen LogP contribution in [0.3, 0.4) is 0 Å². The zero-order valence-corrected chi connectivity index (χ0v) is 17.8. The van der Waals surface area contributed by atoms with Gasteiger partial charge in [0.2, 0.25) is 5.91 Å². The van der Waals surface area contributed by atoms with Crippen molar-refractivity contribution in [2.45, 2.75) is 96.8 Å². The van der Waals surface area contributed by atoms with E-state index in [0.29, 0.717) is 11.4 Å². The second-order valence-corrected chi connectivity index (χ2v) is 7.78. The maximum absolute atomic E-state index is 11.8. The molecule has 27 heavy (non-hydrogen) atoms. The van der Waals surface area contributed by atoms with Gasteiger partial charge in [-0.2, -0.15) is 5.10 Å². The summed E-state index contributed by atoms with van der Waals surface area (Å²) in [5, 5.41) is 4.64. The van der Waals surface area contributed by atoms with Crippen LogP contribution in [-0.2, 0) is 4.79 Å². The summed E-state index contributed by atoms with van der Waals surface area (Å²) in [5.41, 5.74) is 3.46. The molecule has 0 radical (unpaired) electrons. The average Bonchev–Trinajstić information content (AvgIpc) is 2.65. The van der Waals surface area contributed by atoms with Gasteiger partial charge >= 0.3 is 0 Å². The van der Waals surface area contributed by atoms with E-state index in [2.05, 4.69) is 17.5 Å². The Hall–Kier alpha value is -1.35. The van der Waals surface area contributed by atoms with Crippen LogP contribution in [0.1, 0.15) is 102 Å². The van der Waals surface area contributed by atoms with Crippen molar-refractivity contribution in [3.05, 3.63) is 34.9 Å². The number of carbonyl (C=O) groups excluding carboxylic acids is 1. The lowest BCUT2D eigenvalue weighted by atomic mass is 10.0. The number of hydrogen-bond acceptors (Lipinski definition) is 2. The largest absolute Gasteiger partial charge is 0.273 e. The molecule has 0 fully saturated rings. The molecule has 1 amide bonds. The van der Waals surface area contributed by atoms with Crippen molar-refractivity contribution in [2.75, 3.05) is 0 Å². The van der Waals surface area contributed by atoms with Crippen LogP contribution < -0.4 is 5.43 Å². The lowest BCUT2D eigenvalue weighted by Gasteiger charge is -2.03. The molecule has 0 aliphatic rings. The molecular weight excluding hydrogens is 356 g/mol. The van der Waals surface area contributed by atoms with Crippen LogP contribution in [0.15, 0.2) is 29.4 Å². The summed E-state index contributed by atoms with van der Waals surface area (Å²) >= 11 is 5.91. The predicted molar refractivity (Wildman–Crippen MR) is 118 cm³/mol. The molecule has 0 heterocycles. The molecule has 0 unspecified atom stereocenters. The fraction of sp³-hybridized carbons (Fsp3) is 0.652. The first-order valence-corrected chi connectivity index (χ1v) is 11.2. The van der Waals surface area contributed by atoms with Crippen molar-refractivity contribution in [3.63, 3.8) is 0 Å². The van der Waals surface area contributed by atoms with Gasteiger partial charge in [0.05, 0.1) is 6.21 Å². The monoisotopic (exact) mass is 392 g/mol. The Morgan fingerprint density at radius 2 is 1.48 bits per heavy atom. The Balaban J connectivity index is 1.88. The highest BCUT2D eigenvalue weighted by atomic mass is 35.5. The van der Waals surface area contributed by atoms with Crippen LogP contribution in [0.25, 0.3) is 0 Å². The van der Waals surface area contributed by atoms with Gasteiger partial charge in [-0.15, -0.1) is 0 Å². The van der Waals surface area contributed by atoms with Crippen molar-refractivity contribution < 1.29 is 4.79 Å². The van der Waals surface area contributed by atoms with Gasteiger partial charge in [0.15, 0.2) is 0 Å². The zero-order chi connectivity index (χ0) is 19.6. The topological polar surface area (TPSA) is 41.5 Å². The van der Waals surface area contributed by atoms with Crippen molar-refractivity contribution in [2.24, 2.45) is 5.10 Å². The van der Waals surface area contributed by atoms with E-state index in [-0.39, 0.29) is 5.91 Å². The van der Waals surface area contributed by atoms with Crippen molar-refractivity contribution in [3.8, 4) is 0 Å². The highest BCUT2D eigenvalue weighted by molar-refractivity contribution is 6.30. The van der Waals surface area contributed by atoms with Gasteiger partial charge in [0.25, 0.3) is 0 Å². The van der Waals surface area contributed by atoms with E-state index < -0.39 is 0 Å². The quantitative estimate of drug-likeness (QED) is 0.179. The summed E-state index contributed by atoms with van der Waals surface area (Å²) in [4.78, 5) is 11.8. The molecule has 0 aromatic heterocycles. The normalized spacial score (nSPS) is 11.2. The fourth-order valence-electron chi connectivity index (χ4n) is 3.12. The molecule has 0 saturated heterocycles. The van der Waals surface area contributed by atoms with E-state index >= 15 is 0 Å². The minimum absolute atomic E-state index is 0.0173. The maximum Gasteiger partial charge on any atom is 0.240 e. The lowest BCUT2D eigenvalue weighted by Crippen LogP contribution is -2.16. The SMILES string of the molecule is CCCCCCCCCCCCCCCC(=O)NN=Cc1cccc(Cl)c1. The minimum Gasteiger partial charge on any atom is -0.273 e. The number of benzene rings is 1. The number of amides is 1. The Morgan fingerprint density at radius 1 is 0.926 bits per heavy atom. The Kier molecular flexibility index (Phi) is 14.7. The summed E-state index contributed by atoms with van der Waals surface area (Å²) < 4.78 is 0. The lowest BCUT2D eigenvalue weighted by molar-refractivity contribution is -0.121. The number of rotatable bonds is 16. The standard InChI is InChI=1S/C23H37ClN2O/c1-2-3-4-5-6-7-8-9-10-11-12-13-14-18-23(27)26-25-20-21-16-15-17-22(24)19-21/h15-17,19-20H,2-14,18H2,1H3,(H,26,27). The summed E-state index contributed by atoms with van der Waals surface area (Å²) in [6, 6.07) is 7.38. The van der Waals surface area contributed by atoms with Crippen LogP contribution in [-0.4, -0.2) is 12.1 Å². The highest BCUT2D eigenvalue weighted by Crippen LogP contribution is 2.13. The molecule has 1 rings (SSSR count). The number of unbranched alkanes of at least 4 members (excludes halogenated alkanes) is 12. The first kappa shape index (κ1) is 23.7. The van der Waals surface area contributed by atoms with Gasteiger partial charge < -0.3 is 0 Å². The summed E-state index contributed by atoms with van der Waals surface area (Å²) in [5.74, 6) is -0.0173. The van der Waals surface area contributed by atoms with Crippen LogP contribution in [0.4, 0.5) is 0 Å². The van der Waals surface area contributed by atoms with E-state index in [0.717, 1.165) is 18.4 Å². The number of nitrogens with zero attached hydrogens (tertiary/aromatic N) is 1. The van der Waals surface area contributed by atoms with E-state index in [4.69, 9.17) is 11.6 Å². The maximum atomic E-state index is 11.8. The fourth-order valence-corrected chi connectivity index (χ4v) is 3.32. The summed E-state index contributed by atoms with van der Waals surface area (Å²) in [6.07, 6.45) is 19.2. The van der Waals surface area contributed by atoms with Crippen LogP contribution in [0.2, 0.25) is 5.02 Å². The molecule has 152 valence electrons. The molecule has 0 saturated carbocycles. The third-order valence-electron chi connectivity index (χ3n) is 4.76. The average molecular weight is 393 g/mol. The van der Waals surface area contributed by atoms with Gasteiger partial charge in [-0.05, 0) is 24.1 Å². The highest BCUT2D eigenvalue weighted by Gasteiger charge is 1.99. The van der Waals surface area contributed by atoms with Crippen LogP contribution in [0.5, 0.6) is 0 Å². The number of carbonyl (C=O) groups is 1. The number of hydrogen-bond donors (Lipinski definition) is 1. The third kappa shape index (κ3) is 14.4. The molecule has 0 atom stereocenters. The molecule has 0 bridgehead atoms. The molecule has 3 nitrogen and oxygen atoms in total. The Morgan fingerprint density at radius 3 is 2.04 bits per heavy atom. The number of nitrogens with one attached hydrogen (secondary N) is 1. The zero-order valence-electron chi connectivity index (χ0n) is 17.0. The van der Waals surface area contributed by atoms with E-state index in [1.165, 1.54) is 70.6 Å². The number of halogens is 1. The smallest absolute Gasteiger partial charge is 0.240 e. The molecule has 0 aliphatic heterocycles. The first-order valence-electron chi connectivity index (χ1n) is 10.8. The van der Waals surface area contributed by atoms with E-state index in [9.17, 15) is 4.79 Å². The molecule has 0 aliphatic carbocycles. The molecule has 1 aromatic carbocycles. The van der Waals surface area contributed by atoms with Gasteiger partial charge in [-0.3, -0.25) is 4.79 Å². The molecule has 1 aromatic rings. The molecular formula is C23H37ClN2O.